The van der Waals surface area contributed by atoms with Crippen molar-refractivity contribution in [3.05, 3.63) is 29.8 Å². The van der Waals surface area contributed by atoms with Crippen LogP contribution in [0, 0.1) is 11.3 Å². The highest BCUT2D eigenvalue weighted by Crippen LogP contribution is 2.14. The molecule has 1 aromatic rings. The number of rotatable bonds is 5. The lowest BCUT2D eigenvalue weighted by Gasteiger charge is -2.28. The summed E-state index contributed by atoms with van der Waals surface area (Å²) < 4.78 is 5.17. The molecular formula is C15H17N3O3. The second-order valence-corrected chi connectivity index (χ2v) is 4.85. The number of piperidine rings is 1. The molecule has 110 valence electrons. The molecule has 1 unspecified atom stereocenters. The van der Waals surface area contributed by atoms with Gasteiger partial charge in [-0.1, -0.05) is 12.1 Å². The minimum absolute atomic E-state index is 0.0224. The molecule has 1 saturated heterocycles. The molecule has 0 aromatic heterocycles. The molecule has 1 aliphatic rings. The van der Waals surface area contributed by atoms with Gasteiger partial charge in [-0.15, -0.1) is 0 Å². The van der Waals surface area contributed by atoms with E-state index in [0.29, 0.717) is 25.1 Å². The van der Waals surface area contributed by atoms with Gasteiger partial charge in [0, 0.05) is 20.0 Å². The zero-order valence-electron chi connectivity index (χ0n) is 11.8. The quantitative estimate of drug-likeness (QED) is 0.811. The van der Waals surface area contributed by atoms with Gasteiger partial charge < -0.3 is 10.1 Å². The second-order valence-electron chi connectivity index (χ2n) is 4.85. The van der Waals surface area contributed by atoms with E-state index < -0.39 is 0 Å². The lowest BCUT2D eigenvalue weighted by atomic mass is 10.0. The van der Waals surface area contributed by atoms with Crippen LogP contribution < -0.4 is 10.1 Å². The van der Waals surface area contributed by atoms with Gasteiger partial charge in [0.2, 0.25) is 11.8 Å². The predicted molar refractivity (Wildman–Crippen MR) is 75.2 cm³/mol. The number of benzene rings is 1. The van der Waals surface area contributed by atoms with Gasteiger partial charge in [0.1, 0.15) is 11.8 Å². The molecule has 1 atom stereocenters. The summed E-state index contributed by atoms with van der Waals surface area (Å²) >= 11 is 0. The molecule has 1 aliphatic heterocycles. The maximum atomic E-state index is 11.9. The minimum atomic E-state index is -0.317. The number of nitriles is 1. The first-order chi connectivity index (χ1) is 10.1. The third kappa shape index (κ3) is 3.80. The average molecular weight is 287 g/mol. The summed E-state index contributed by atoms with van der Waals surface area (Å²) in [6, 6.07) is 8.91. The number of likely N-dealkylation sites (N-methyl/N-ethyl adjacent to an activating group) is 1. The second kappa shape index (κ2) is 6.86. The van der Waals surface area contributed by atoms with Crippen molar-refractivity contribution in [3.63, 3.8) is 0 Å². The zero-order chi connectivity index (χ0) is 15.2. The maximum absolute atomic E-state index is 11.9. The number of hydrogen-bond acceptors (Lipinski definition) is 5. The molecule has 6 heteroatoms. The van der Waals surface area contributed by atoms with Crippen LogP contribution in [0.5, 0.6) is 5.75 Å². The molecule has 0 saturated carbocycles. The SMILES string of the molecule is CN1C(=O)CCC(NCc2ccc(OCC#N)cc2)C1=O. The summed E-state index contributed by atoms with van der Waals surface area (Å²) in [6.07, 6.45) is 0.923. The Hall–Kier alpha value is -2.39. The number of carbonyl (C=O) groups excluding carboxylic acids is 2. The van der Waals surface area contributed by atoms with Crippen LogP contribution in [-0.4, -0.2) is 36.4 Å². The topological polar surface area (TPSA) is 82.4 Å². The van der Waals surface area contributed by atoms with Gasteiger partial charge in [-0.2, -0.15) is 5.26 Å². The fraction of sp³-hybridized carbons (Fsp3) is 0.400. The van der Waals surface area contributed by atoms with Crippen LogP contribution in [0.15, 0.2) is 24.3 Å². The van der Waals surface area contributed by atoms with Crippen molar-refractivity contribution in [2.24, 2.45) is 0 Å². The molecule has 1 fully saturated rings. The fourth-order valence-electron chi connectivity index (χ4n) is 2.17. The third-order valence-electron chi connectivity index (χ3n) is 3.43. The monoisotopic (exact) mass is 287 g/mol. The Morgan fingerprint density at radius 1 is 1.38 bits per heavy atom. The minimum Gasteiger partial charge on any atom is -0.479 e. The van der Waals surface area contributed by atoms with Crippen LogP contribution in [0.4, 0.5) is 0 Å². The van der Waals surface area contributed by atoms with E-state index in [-0.39, 0.29) is 24.5 Å². The van der Waals surface area contributed by atoms with Gasteiger partial charge in [-0.3, -0.25) is 14.5 Å². The highest BCUT2D eigenvalue weighted by atomic mass is 16.5. The van der Waals surface area contributed by atoms with Crippen molar-refractivity contribution in [2.75, 3.05) is 13.7 Å². The van der Waals surface area contributed by atoms with Crippen molar-refractivity contribution in [1.29, 1.82) is 5.26 Å². The molecule has 21 heavy (non-hydrogen) atoms. The predicted octanol–water partition coefficient (Wildman–Crippen LogP) is 0.826. The van der Waals surface area contributed by atoms with Crippen LogP contribution in [-0.2, 0) is 16.1 Å². The summed E-state index contributed by atoms with van der Waals surface area (Å²) in [4.78, 5) is 24.5. The Morgan fingerprint density at radius 2 is 2.10 bits per heavy atom. The van der Waals surface area contributed by atoms with Gasteiger partial charge in [0.05, 0.1) is 6.04 Å². The molecule has 1 aromatic carbocycles. The van der Waals surface area contributed by atoms with Crippen LogP contribution >= 0.6 is 0 Å². The van der Waals surface area contributed by atoms with Crippen LogP contribution in [0.2, 0.25) is 0 Å². The van der Waals surface area contributed by atoms with Gasteiger partial charge in [0.15, 0.2) is 6.61 Å². The Morgan fingerprint density at radius 3 is 2.76 bits per heavy atom. The summed E-state index contributed by atoms with van der Waals surface area (Å²) in [5, 5.41) is 11.6. The molecule has 2 rings (SSSR count). The number of hydrogen-bond donors (Lipinski definition) is 1. The van der Waals surface area contributed by atoms with E-state index >= 15 is 0 Å². The highest BCUT2D eigenvalue weighted by molar-refractivity contribution is 6.00. The standard InChI is InChI=1S/C15H17N3O3/c1-18-14(19)7-6-13(15(18)20)17-10-11-2-4-12(5-3-11)21-9-8-16/h2-5,13,17H,6-7,9-10H2,1H3. The zero-order valence-corrected chi connectivity index (χ0v) is 11.8. The Labute approximate surface area is 123 Å². The first-order valence-corrected chi connectivity index (χ1v) is 6.74. The average Bonchev–Trinajstić information content (AvgIpc) is 2.51. The van der Waals surface area contributed by atoms with E-state index in [1.807, 2.05) is 18.2 Å². The first-order valence-electron chi connectivity index (χ1n) is 6.74. The van der Waals surface area contributed by atoms with Crippen molar-refractivity contribution < 1.29 is 14.3 Å². The van der Waals surface area contributed by atoms with Gasteiger partial charge >= 0.3 is 0 Å². The highest BCUT2D eigenvalue weighted by Gasteiger charge is 2.31. The van der Waals surface area contributed by atoms with E-state index in [1.54, 1.807) is 12.1 Å². The summed E-state index contributed by atoms with van der Waals surface area (Å²) in [5.74, 6) is 0.330. The molecule has 1 N–H and O–H groups in total. The van der Waals surface area contributed by atoms with Crippen molar-refractivity contribution in [3.8, 4) is 11.8 Å². The molecular weight excluding hydrogens is 270 g/mol. The summed E-state index contributed by atoms with van der Waals surface area (Å²) in [6.45, 7) is 0.561. The third-order valence-corrected chi connectivity index (χ3v) is 3.43. The molecule has 2 amide bonds. The lowest BCUT2D eigenvalue weighted by Crippen LogP contribution is -2.51. The van der Waals surface area contributed by atoms with Crippen LogP contribution in [0.1, 0.15) is 18.4 Å². The van der Waals surface area contributed by atoms with Crippen molar-refractivity contribution >= 4 is 11.8 Å². The van der Waals surface area contributed by atoms with E-state index in [9.17, 15) is 9.59 Å². The van der Waals surface area contributed by atoms with Gasteiger partial charge in [-0.05, 0) is 24.1 Å². The Bertz CT molecular complexity index is 563. The van der Waals surface area contributed by atoms with Crippen molar-refractivity contribution in [2.45, 2.75) is 25.4 Å². The van der Waals surface area contributed by atoms with E-state index in [0.717, 1.165) is 5.56 Å². The molecule has 0 bridgehead atoms. The number of carbonyl (C=O) groups is 2. The number of nitrogens with zero attached hydrogens (tertiary/aromatic N) is 2. The molecule has 0 spiro atoms. The number of imide groups is 1. The van der Waals surface area contributed by atoms with Gasteiger partial charge in [0.25, 0.3) is 0 Å². The van der Waals surface area contributed by atoms with E-state index in [4.69, 9.17) is 10.00 Å². The first kappa shape index (κ1) is 15.0. The Balaban J connectivity index is 1.87. The van der Waals surface area contributed by atoms with E-state index in [1.165, 1.54) is 11.9 Å². The molecule has 6 nitrogen and oxygen atoms in total. The van der Waals surface area contributed by atoms with Crippen LogP contribution in [0.3, 0.4) is 0 Å². The summed E-state index contributed by atoms with van der Waals surface area (Å²) in [7, 11) is 1.51. The molecule has 0 radical (unpaired) electrons. The number of ether oxygens (including phenoxy) is 1. The fourth-order valence-corrected chi connectivity index (χ4v) is 2.17. The summed E-state index contributed by atoms with van der Waals surface area (Å²) in [5.41, 5.74) is 1.01. The largest absolute Gasteiger partial charge is 0.479 e. The van der Waals surface area contributed by atoms with Gasteiger partial charge in [-0.25, -0.2) is 0 Å². The molecule has 1 heterocycles. The normalized spacial score (nSPS) is 18.5. The number of amides is 2. The Kier molecular flexibility index (Phi) is 4.90. The van der Waals surface area contributed by atoms with Crippen molar-refractivity contribution in [1.82, 2.24) is 10.2 Å². The van der Waals surface area contributed by atoms with Crippen LogP contribution in [0.25, 0.3) is 0 Å². The smallest absolute Gasteiger partial charge is 0.246 e. The number of nitrogens with one attached hydrogen (secondary N) is 1. The number of likely N-dealkylation sites (tertiary alicyclic amines) is 1. The maximum Gasteiger partial charge on any atom is 0.246 e. The molecule has 0 aliphatic carbocycles. The lowest BCUT2D eigenvalue weighted by molar-refractivity contribution is -0.148. The van der Waals surface area contributed by atoms with E-state index in [2.05, 4.69) is 5.32 Å².